The molecule has 21 heavy (non-hydrogen) atoms. The summed E-state index contributed by atoms with van der Waals surface area (Å²) in [6.45, 7) is 4.37. The van der Waals surface area contributed by atoms with Gasteiger partial charge in [-0.25, -0.2) is 18.1 Å². The first-order valence-electron chi connectivity index (χ1n) is 6.53. The molecule has 2 N–H and O–H groups in total. The van der Waals surface area contributed by atoms with Crippen molar-refractivity contribution in [2.24, 2.45) is 0 Å². The minimum Gasteiger partial charge on any atom is -0.373 e. The number of aromatic nitrogens is 1. The third kappa shape index (κ3) is 3.81. The summed E-state index contributed by atoms with van der Waals surface area (Å²) in [5.41, 5.74) is -0.250. The quantitative estimate of drug-likeness (QED) is 0.856. The zero-order valence-electron chi connectivity index (χ0n) is 12.3. The van der Waals surface area contributed by atoms with Gasteiger partial charge in [0.2, 0.25) is 10.0 Å². The molecule has 0 atom stereocenters. The van der Waals surface area contributed by atoms with E-state index in [0.717, 1.165) is 4.88 Å². The van der Waals surface area contributed by atoms with Gasteiger partial charge in [-0.15, -0.1) is 11.3 Å². The van der Waals surface area contributed by atoms with Crippen molar-refractivity contribution in [3.8, 4) is 0 Å². The molecule has 7 heteroatoms. The Labute approximate surface area is 129 Å². The molecule has 0 aliphatic rings. The first kappa shape index (κ1) is 15.9. The fraction of sp³-hybridized carbons (Fsp3) is 0.357. The lowest BCUT2D eigenvalue weighted by Crippen LogP contribution is -2.36. The Balaban J connectivity index is 2.10. The van der Waals surface area contributed by atoms with Crippen molar-refractivity contribution in [2.45, 2.75) is 24.2 Å². The smallest absolute Gasteiger partial charge is 0.242 e. The molecule has 0 fully saturated rings. The number of nitrogens with one attached hydrogen (secondary N) is 2. The van der Waals surface area contributed by atoms with E-state index in [-0.39, 0.29) is 10.3 Å². The number of pyridine rings is 1. The molecule has 2 heterocycles. The van der Waals surface area contributed by atoms with Crippen molar-refractivity contribution in [3.05, 3.63) is 40.7 Å². The van der Waals surface area contributed by atoms with E-state index in [4.69, 9.17) is 0 Å². The molecule has 0 aliphatic heterocycles. The second-order valence-electron chi connectivity index (χ2n) is 5.31. The van der Waals surface area contributed by atoms with Gasteiger partial charge < -0.3 is 5.32 Å². The topological polar surface area (TPSA) is 71.1 Å². The number of sulfonamides is 1. The second kappa shape index (κ2) is 6.13. The Hall–Kier alpha value is -1.44. The minimum atomic E-state index is -3.55. The summed E-state index contributed by atoms with van der Waals surface area (Å²) >= 11 is 1.63. The Bertz CT molecular complexity index is 678. The molecule has 0 spiro atoms. The first-order chi connectivity index (χ1) is 9.85. The standard InChI is InChI=1S/C14H19N3O2S2/c1-14(2,12-5-4-8-20-12)10-17-21(18,19)11-6-7-13(15-3)16-9-11/h4-9,17H,10H2,1-3H3,(H,15,16). The number of hydrogen-bond donors (Lipinski definition) is 2. The van der Waals surface area contributed by atoms with Gasteiger partial charge in [-0.05, 0) is 23.6 Å². The molecule has 0 saturated heterocycles. The van der Waals surface area contributed by atoms with E-state index in [1.807, 2.05) is 31.4 Å². The highest BCUT2D eigenvalue weighted by Gasteiger charge is 2.25. The normalized spacial score (nSPS) is 12.3. The lowest BCUT2D eigenvalue weighted by atomic mass is 9.92. The average Bonchev–Trinajstić information content (AvgIpc) is 3.01. The number of hydrogen-bond acceptors (Lipinski definition) is 5. The summed E-state index contributed by atoms with van der Waals surface area (Å²) in [7, 11) is -1.81. The van der Waals surface area contributed by atoms with Crippen LogP contribution in [-0.2, 0) is 15.4 Å². The number of thiophene rings is 1. The van der Waals surface area contributed by atoms with Crippen LogP contribution in [0.15, 0.2) is 40.7 Å². The molecule has 0 saturated carbocycles. The van der Waals surface area contributed by atoms with Crippen molar-refractivity contribution in [1.29, 1.82) is 0 Å². The van der Waals surface area contributed by atoms with E-state index in [2.05, 4.69) is 15.0 Å². The van der Waals surface area contributed by atoms with E-state index >= 15 is 0 Å². The predicted octanol–water partition coefficient (Wildman–Crippen LogP) is 2.44. The van der Waals surface area contributed by atoms with E-state index < -0.39 is 10.0 Å². The molecule has 0 unspecified atom stereocenters. The van der Waals surface area contributed by atoms with Gasteiger partial charge in [0.1, 0.15) is 10.7 Å². The maximum Gasteiger partial charge on any atom is 0.242 e. The largest absolute Gasteiger partial charge is 0.373 e. The van der Waals surface area contributed by atoms with Gasteiger partial charge in [-0.3, -0.25) is 0 Å². The fourth-order valence-electron chi connectivity index (χ4n) is 1.80. The molecule has 2 aromatic heterocycles. The number of rotatable bonds is 6. The summed E-state index contributed by atoms with van der Waals surface area (Å²) in [5.74, 6) is 0.632. The summed E-state index contributed by atoms with van der Waals surface area (Å²) in [4.78, 5) is 5.35. The molecular formula is C14H19N3O2S2. The van der Waals surface area contributed by atoms with Crippen molar-refractivity contribution in [1.82, 2.24) is 9.71 Å². The summed E-state index contributed by atoms with van der Waals surface area (Å²) < 4.78 is 27.2. The van der Waals surface area contributed by atoms with Crippen molar-refractivity contribution in [2.75, 3.05) is 18.9 Å². The Morgan fingerprint density at radius 1 is 1.29 bits per heavy atom. The highest BCUT2D eigenvalue weighted by Crippen LogP contribution is 2.27. The molecule has 0 aliphatic carbocycles. The van der Waals surface area contributed by atoms with Gasteiger partial charge in [-0.1, -0.05) is 19.9 Å². The van der Waals surface area contributed by atoms with Crippen LogP contribution in [0.3, 0.4) is 0 Å². The third-order valence-corrected chi connectivity index (χ3v) is 5.82. The fourth-order valence-corrected chi connectivity index (χ4v) is 3.80. The molecule has 0 bridgehead atoms. The molecular weight excluding hydrogens is 306 g/mol. The maximum atomic E-state index is 12.3. The molecule has 5 nitrogen and oxygen atoms in total. The monoisotopic (exact) mass is 325 g/mol. The van der Waals surface area contributed by atoms with E-state index in [9.17, 15) is 8.42 Å². The van der Waals surface area contributed by atoms with Gasteiger partial charge in [0.05, 0.1) is 0 Å². The molecule has 0 radical (unpaired) electrons. The number of anilines is 1. The Morgan fingerprint density at radius 2 is 2.05 bits per heavy atom. The highest BCUT2D eigenvalue weighted by molar-refractivity contribution is 7.89. The molecule has 2 aromatic rings. The van der Waals surface area contributed by atoms with Crippen LogP contribution in [0.25, 0.3) is 0 Å². The Kier molecular flexibility index (Phi) is 4.65. The van der Waals surface area contributed by atoms with Crippen LogP contribution in [0.4, 0.5) is 5.82 Å². The van der Waals surface area contributed by atoms with Gasteiger partial charge in [0, 0.05) is 30.1 Å². The van der Waals surface area contributed by atoms with Gasteiger partial charge in [0.25, 0.3) is 0 Å². The third-order valence-electron chi connectivity index (χ3n) is 3.20. The average molecular weight is 325 g/mol. The maximum absolute atomic E-state index is 12.3. The summed E-state index contributed by atoms with van der Waals surface area (Å²) in [5, 5.41) is 4.85. The molecule has 0 amide bonds. The SMILES string of the molecule is CNc1ccc(S(=O)(=O)NCC(C)(C)c2cccs2)cn1. The zero-order chi connectivity index (χ0) is 15.5. The Morgan fingerprint density at radius 3 is 2.57 bits per heavy atom. The summed E-state index contributed by atoms with van der Waals surface area (Å²) in [6.07, 6.45) is 1.35. The summed E-state index contributed by atoms with van der Waals surface area (Å²) in [6, 6.07) is 7.16. The molecule has 0 aromatic carbocycles. The highest BCUT2D eigenvalue weighted by atomic mass is 32.2. The van der Waals surface area contributed by atoms with Crippen molar-refractivity contribution >= 4 is 27.2 Å². The van der Waals surface area contributed by atoms with Crippen molar-refractivity contribution in [3.63, 3.8) is 0 Å². The predicted molar refractivity (Wildman–Crippen MR) is 86.3 cm³/mol. The van der Waals surface area contributed by atoms with Crippen LogP contribution >= 0.6 is 11.3 Å². The molecule has 2 rings (SSSR count). The minimum absolute atomic E-state index is 0.170. The van der Waals surface area contributed by atoms with Crippen LogP contribution in [0, 0.1) is 0 Å². The van der Waals surface area contributed by atoms with Crippen LogP contribution in [0.1, 0.15) is 18.7 Å². The second-order valence-corrected chi connectivity index (χ2v) is 8.03. The van der Waals surface area contributed by atoms with E-state index in [1.54, 1.807) is 30.5 Å². The zero-order valence-corrected chi connectivity index (χ0v) is 13.9. The lowest BCUT2D eigenvalue weighted by molar-refractivity contribution is 0.509. The van der Waals surface area contributed by atoms with Crippen LogP contribution in [0.2, 0.25) is 0 Å². The lowest BCUT2D eigenvalue weighted by Gasteiger charge is -2.23. The van der Waals surface area contributed by atoms with Crippen LogP contribution in [-0.4, -0.2) is 27.0 Å². The van der Waals surface area contributed by atoms with Gasteiger partial charge in [-0.2, -0.15) is 0 Å². The van der Waals surface area contributed by atoms with Crippen molar-refractivity contribution < 1.29 is 8.42 Å². The first-order valence-corrected chi connectivity index (χ1v) is 8.89. The van der Waals surface area contributed by atoms with Gasteiger partial charge >= 0.3 is 0 Å². The van der Waals surface area contributed by atoms with E-state index in [0.29, 0.717) is 12.4 Å². The van der Waals surface area contributed by atoms with Gasteiger partial charge in [0.15, 0.2) is 0 Å². The van der Waals surface area contributed by atoms with Crippen LogP contribution in [0.5, 0.6) is 0 Å². The number of nitrogens with zero attached hydrogens (tertiary/aromatic N) is 1. The molecule has 114 valence electrons. The van der Waals surface area contributed by atoms with E-state index in [1.165, 1.54) is 6.20 Å². The van der Waals surface area contributed by atoms with Crippen LogP contribution < -0.4 is 10.0 Å².